The number of nitrogens with zero attached hydrogens (tertiary/aromatic N) is 3. The van der Waals surface area contributed by atoms with Crippen LogP contribution >= 0.6 is 11.3 Å². The Hall–Kier alpha value is -1.72. The number of carbonyl (C=O) groups excluding carboxylic acids is 1. The Kier molecular flexibility index (Phi) is 7.24. The molecule has 0 radical (unpaired) electrons. The van der Waals surface area contributed by atoms with Crippen LogP contribution in [0.3, 0.4) is 0 Å². The molecule has 1 aromatic carbocycles. The molecule has 1 amide bonds. The molecule has 0 N–H and O–H groups in total. The van der Waals surface area contributed by atoms with Crippen LogP contribution in [0, 0.1) is 12.8 Å². The minimum Gasteiger partial charge on any atom is -0.340 e. The van der Waals surface area contributed by atoms with E-state index in [9.17, 15) is 4.79 Å². The molecule has 0 bridgehead atoms. The van der Waals surface area contributed by atoms with Crippen molar-refractivity contribution in [3.63, 3.8) is 0 Å². The minimum atomic E-state index is 0.0557. The third kappa shape index (κ3) is 5.42. The van der Waals surface area contributed by atoms with E-state index in [1.807, 2.05) is 17.3 Å². The van der Waals surface area contributed by atoms with E-state index in [1.54, 1.807) is 11.3 Å². The fourth-order valence-electron chi connectivity index (χ4n) is 3.99. The summed E-state index contributed by atoms with van der Waals surface area (Å²) in [5.41, 5.74) is 3.43. The van der Waals surface area contributed by atoms with Crippen molar-refractivity contribution >= 4 is 17.2 Å². The monoisotopic (exact) mass is 399 g/mol. The Morgan fingerprint density at radius 1 is 1.36 bits per heavy atom. The molecule has 152 valence electrons. The molecule has 1 atom stereocenters. The first kappa shape index (κ1) is 21.0. The number of piperidine rings is 1. The third-order valence-electron chi connectivity index (χ3n) is 5.68. The van der Waals surface area contributed by atoms with E-state index >= 15 is 0 Å². The van der Waals surface area contributed by atoms with E-state index < -0.39 is 0 Å². The summed E-state index contributed by atoms with van der Waals surface area (Å²) in [6.07, 6.45) is 3.52. The van der Waals surface area contributed by atoms with Crippen molar-refractivity contribution in [1.82, 2.24) is 14.8 Å². The first-order valence-corrected chi connectivity index (χ1v) is 11.3. The Labute approximate surface area is 173 Å². The summed E-state index contributed by atoms with van der Waals surface area (Å²) >= 11 is 1.59. The van der Waals surface area contributed by atoms with Gasteiger partial charge in [0, 0.05) is 38.0 Å². The Bertz CT molecular complexity index is 786. The normalized spacial score (nSPS) is 17.8. The summed E-state index contributed by atoms with van der Waals surface area (Å²) in [6.45, 7) is 10.6. The van der Waals surface area contributed by atoms with Gasteiger partial charge in [0.2, 0.25) is 0 Å². The van der Waals surface area contributed by atoms with Gasteiger partial charge in [-0.15, -0.1) is 11.3 Å². The van der Waals surface area contributed by atoms with Crippen molar-refractivity contribution in [2.45, 2.75) is 46.0 Å². The van der Waals surface area contributed by atoms with Gasteiger partial charge in [0.15, 0.2) is 0 Å². The van der Waals surface area contributed by atoms with Gasteiger partial charge >= 0.3 is 0 Å². The van der Waals surface area contributed by atoms with Crippen LogP contribution < -0.4 is 0 Å². The number of thiazole rings is 1. The number of rotatable bonds is 7. The van der Waals surface area contributed by atoms with Crippen molar-refractivity contribution in [3.05, 3.63) is 51.5 Å². The molecule has 1 fully saturated rings. The lowest BCUT2D eigenvalue weighted by molar-refractivity contribution is 0.0725. The maximum atomic E-state index is 12.7. The zero-order chi connectivity index (χ0) is 20.1. The highest BCUT2D eigenvalue weighted by atomic mass is 32.1. The molecule has 0 saturated carbocycles. The molecule has 28 heavy (non-hydrogen) atoms. The molecular formula is C23H33N3OS. The second-order valence-corrected chi connectivity index (χ2v) is 9.29. The molecule has 5 heteroatoms. The predicted molar refractivity (Wildman–Crippen MR) is 117 cm³/mol. The van der Waals surface area contributed by atoms with Crippen LogP contribution in [0.2, 0.25) is 0 Å². The summed E-state index contributed by atoms with van der Waals surface area (Å²) in [4.78, 5) is 21.7. The molecule has 1 aromatic heterocycles. The smallest absolute Gasteiger partial charge is 0.273 e. The maximum absolute atomic E-state index is 12.7. The van der Waals surface area contributed by atoms with Gasteiger partial charge in [0.05, 0.1) is 5.01 Å². The average Bonchev–Trinajstić information content (AvgIpc) is 3.17. The number of likely N-dealkylation sites (tertiary alicyclic amines) is 1. The molecule has 0 aliphatic carbocycles. The van der Waals surface area contributed by atoms with Crippen LogP contribution in [-0.2, 0) is 6.42 Å². The highest BCUT2D eigenvalue weighted by Crippen LogP contribution is 2.22. The van der Waals surface area contributed by atoms with Gasteiger partial charge in [0.1, 0.15) is 5.69 Å². The molecule has 2 aromatic rings. The minimum absolute atomic E-state index is 0.0557. The van der Waals surface area contributed by atoms with Gasteiger partial charge in [-0.2, -0.15) is 0 Å². The maximum Gasteiger partial charge on any atom is 0.273 e. The van der Waals surface area contributed by atoms with E-state index in [0.717, 1.165) is 31.1 Å². The van der Waals surface area contributed by atoms with E-state index in [0.29, 0.717) is 17.5 Å². The molecule has 0 spiro atoms. The van der Waals surface area contributed by atoms with E-state index in [1.165, 1.54) is 30.5 Å². The van der Waals surface area contributed by atoms with Crippen LogP contribution in [0.4, 0.5) is 0 Å². The SMILES string of the molecule is Cc1ccccc1CCN1CCC[C@H](CN(C)C(=O)c2csc(C(C)C)n2)C1. The fourth-order valence-corrected chi connectivity index (χ4v) is 4.80. The second-order valence-electron chi connectivity index (χ2n) is 8.40. The van der Waals surface area contributed by atoms with Crippen molar-refractivity contribution in [2.24, 2.45) is 5.92 Å². The van der Waals surface area contributed by atoms with Crippen LogP contribution in [0.5, 0.6) is 0 Å². The largest absolute Gasteiger partial charge is 0.340 e. The fraction of sp³-hybridized carbons (Fsp3) is 0.565. The molecular weight excluding hydrogens is 366 g/mol. The molecule has 3 rings (SSSR count). The van der Waals surface area contributed by atoms with Gasteiger partial charge in [-0.1, -0.05) is 38.1 Å². The zero-order valence-electron chi connectivity index (χ0n) is 17.6. The van der Waals surface area contributed by atoms with Gasteiger partial charge in [-0.25, -0.2) is 4.98 Å². The number of benzene rings is 1. The first-order chi connectivity index (χ1) is 13.4. The number of amides is 1. The summed E-state index contributed by atoms with van der Waals surface area (Å²) in [5, 5.41) is 2.94. The van der Waals surface area contributed by atoms with Crippen LogP contribution in [0.25, 0.3) is 0 Å². The number of carbonyl (C=O) groups is 1. The molecule has 2 heterocycles. The van der Waals surface area contributed by atoms with E-state index in [-0.39, 0.29) is 5.91 Å². The number of hydrogen-bond donors (Lipinski definition) is 0. The third-order valence-corrected chi connectivity index (χ3v) is 6.82. The van der Waals surface area contributed by atoms with Crippen molar-refractivity contribution in [3.8, 4) is 0 Å². The molecule has 0 unspecified atom stereocenters. The summed E-state index contributed by atoms with van der Waals surface area (Å²) in [6, 6.07) is 8.67. The number of aromatic nitrogens is 1. The Morgan fingerprint density at radius 2 is 2.14 bits per heavy atom. The quantitative estimate of drug-likeness (QED) is 0.683. The molecule has 1 saturated heterocycles. The van der Waals surface area contributed by atoms with E-state index in [2.05, 4.69) is 54.9 Å². The second kappa shape index (κ2) is 9.66. The molecule has 1 aliphatic rings. The van der Waals surface area contributed by atoms with Gasteiger partial charge in [0.25, 0.3) is 5.91 Å². The Balaban J connectivity index is 1.51. The van der Waals surface area contributed by atoms with Gasteiger partial charge in [-0.3, -0.25) is 4.79 Å². The lowest BCUT2D eigenvalue weighted by Gasteiger charge is -2.34. The van der Waals surface area contributed by atoms with Gasteiger partial charge in [-0.05, 0) is 49.8 Å². The van der Waals surface area contributed by atoms with E-state index in [4.69, 9.17) is 0 Å². The van der Waals surface area contributed by atoms with Crippen LogP contribution in [0.1, 0.15) is 59.2 Å². The van der Waals surface area contributed by atoms with Crippen molar-refractivity contribution < 1.29 is 4.79 Å². The van der Waals surface area contributed by atoms with Crippen LogP contribution in [-0.4, -0.2) is 53.9 Å². The predicted octanol–water partition coefficient (Wildman–Crippen LogP) is 4.60. The average molecular weight is 400 g/mol. The number of hydrogen-bond acceptors (Lipinski definition) is 4. The lowest BCUT2D eigenvalue weighted by atomic mass is 9.96. The van der Waals surface area contributed by atoms with Crippen LogP contribution in [0.15, 0.2) is 29.6 Å². The first-order valence-electron chi connectivity index (χ1n) is 10.4. The number of aryl methyl sites for hydroxylation is 1. The van der Waals surface area contributed by atoms with Crippen molar-refractivity contribution in [2.75, 3.05) is 33.2 Å². The summed E-state index contributed by atoms with van der Waals surface area (Å²) < 4.78 is 0. The molecule has 4 nitrogen and oxygen atoms in total. The molecule has 1 aliphatic heterocycles. The summed E-state index contributed by atoms with van der Waals surface area (Å²) in [5.74, 6) is 0.972. The van der Waals surface area contributed by atoms with Crippen molar-refractivity contribution in [1.29, 1.82) is 0 Å². The van der Waals surface area contributed by atoms with Gasteiger partial charge < -0.3 is 9.80 Å². The highest BCUT2D eigenvalue weighted by molar-refractivity contribution is 7.09. The summed E-state index contributed by atoms with van der Waals surface area (Å²) in [7, 11) is 1.92. The lowest BCUT2D eigenvalue weighted by Crippen LogP contribution is -2.42. The zero-order valence-corrected chi connectivity index (χ0v) is 18.5. The standard InChI is InChI=1S/C23H33N3OS/c1-17(2)22-24-21(16-28-22)23(27)25(4)14-19-9-7-12-26(15-19)13-11-20-10-6-5-8-18(20)3/h5-6,8,10,16-17,19H,7,9,11-15H2,1-4H3/t19-/m1/s1. The topological polar surface area (TPSA) is 36.4 Å². The Morgan fingerprint density at radius 3 is 2.86 bits per heavy atom. The highest BCUT2D eigenvalue weighted by Gasteiger charge is 2.24.